The summed E-state index contributed by atoms with van der Waals surface area (Å²) in [6.45, 7) is 23.3. The fourth-order valence-electron chi connectivity index (χ4n) is 9.52. The summed E-state index contributed by atoms with van der Waals surface area (Å²) in [7, 11) is 0.750. The summed E-state index contributed by atoms with van der Waals surface area (Å²) in [4.78, 5) is 41.4. The summed E-state index contributed by atoms with van der Waals surface area (Å²) < 4.78 is 95.3. The number of nitrogens with two attached hydrogens (primary N) is 1. The van der Waals surface area contributed by atoms with E-state index in [0.717, 1.165) is 20.0 Å². The Morgan fingerprint density at radius 3 is 0.981 bits per heavy atom. The second-order valence-corrected chi connectivity index (χ2v) is 22.4. The van der Waals surface area contributed by atoms with E-state index in [0.29, 0.717) is 119 Å². The normalized spacial score (nSPS) is 28.3. The van der Waals surface area contributed by atoms with Crippen LogP contribution in [0.1, 0.15) is 75.2 Å². The van der Waals surface area contributed by atoms with E-state index in [1.54, 1.807) is 0 Å². The minimum atomic E-state index is -1.46. The molecule has 41 nitrogen and oxygen atoms in total. The molecule has 42 heteroatoms. The van der Waals surface area contributed by atoms with Crippen molar-refractivity contribution >= 4 is 17.9 Å². The molecule has 0 amide bonds. The van der Waals surface area contributed by atoms with Gasteiger partial charge in [0, 0.05) is 73.5 Å². The van der Waals surface area contributed by atoms with Gasteiger partial charge in [0.15, 0.2) is 31.1 Å². The molecule has 0 aliphatic carbocycles. The Kier molecular flexibility index (Phi) is 67.9. The van der Waals surface area contributed by atoms with Crippen molar-refractivity contribution in [2.24, 2.45) is 44.7 Å². The maximum Gasteiger partial charge on any atom is 1.00 e. The van der Waals surface area contributed by atoms with Crippen LogP contribution in [0.3, 0.4) is 0 Å². The molecule has 4 aliphatic rings. The van der Waals surface area contributed by atoms with Crippen molar-refractivity contribution in [3.05, 3.63) is 31.3 Å². The van der Waals surface area contributed by atoms with Gasteiger partial charge in [-0.25, -0.2) is 0 Å². The Morgan fingerprint density at radius 1 is 0.398 bits per heavy atom. The zero-order valence-corrected chi connectivity index (χ0v) is 63.5. The maximum absolute atomic E-state index is 11.4. The van der Waals surface area contributed by atoms with Crippen LogP contribution in [0, 0.1) is 23.7 Å². The average Bonchev–Trinajstić information content (AvgIpc) is 0.826. The molecule has 0 aromatic heterocycles. The molecule has 103 heavy (non-hydrogen) atoms. The van der Waals surface area contributed by atoms with E-state index in [9.17, 15) is 45.0 Å². The average molecular weight is 1510 g/mol. The molecule has 4 aliphatic heterocycles. The van der Waals surface area contributed by atoms with Crippen molar-refractivity contribution in [3.63, 3.8) is 0 Å². The summed E-state index contributed by atoms with van der Waals surface area (Å²) in [6, 6.07) is 0. The standard InChI is InChI=1S/C17H31N3O6.C13H22O5.C12H23N3O8.C12H25NO8.C6H13N3O3.CH3O.Na/c1-5-15-12(2)13(3)16(25-14(4)21)17(26-15)24-11-10-23-9-8-22-7-6-19-20-18;1-6-11-7(2)8(3)12(16-9(4)14)13(18-11)17-10(5)15;13-15-14-1-2-20-3-4-21-5-6-22-12-11(19)10(18)9(17)8(7-16)23-12;13-1-2-18-3-4-19-5-6-20-12-11(17)10(16)9(15)8(7-14)21-12;7-9-8-1-3-11-5-6-12-4-2-10;1-2;/h12-13,15-17H,5-11H2,1-4H3;7-8,11-13H,6H2,1-5H3;8-12,16-19H,1-7H2;8-12,14-17H,1-7,13H2;10H,1-6H2;1H3;/q;;;;;-1;+1/t12-,13-,15?,16?,17-;7-,8-,11?,12?,13-;2*8?,9-,10+,11?,12+;;;/m0011.../s1. The van der Waals surface area contributed by atoms with Gasteiger partial charge in [-0.1, -0.05) is 56.9 Å². The molecule has 11 N–H and O–H groups in total. The Labute approximate surface area is 623 Å². The number of carbonyl (C=O) groups is 3. The Bertz CT molecular complexity index is 2230. The quantitative estimate of drug-likeness (QED) is 0.00526. The molecule has 0 bridgehead atoms. The number of nitrogens with zero attached hydrogens (tertiary/aromatic N) is 9. The van der Waals surface area contributed by atoms with E-state index in [2.05, 4.69) is 57.8 Å². The maximum atomic E-state index is 11.4. The van der Waals surface area contributed by atoms with Crippen LogP contribution >= 0.6 is 0 Å². The molecular weight excluding hydrogens is 1390 g/mol. The van der Waals surface area contributed by atoms with Crippen LogP contribution in [0.25, 0.3) is 31.3 Å². The van der Waals surface area contributed by atoms with Crippen LogP contribution in [-0.2, 0) is 99.6 Å². The van der Waals surface area contributed by atoms with Crippen LogP contribution in [0.5, 0.6) is 0 Å². The van der Waals surface area contributed by atoms with Crippen molar-refractivity contribution in [1.82, 2.24) is 0 Å². The number of aliphatic hydroxyl groups is 9. The fourth-order valence-corrected chi connectivity index (χ4v) is 9.52. The molecule has 8 unspecified atom stereocenters. The summed E-state index contributed by atoms with van der Waals surface area (Å²) in [6.07, 6.45) is -13.3. The van der Waals surface area contributed by atoms with E-state index in [1.807, 2.05) is 13.8 Å². The van der Waals surface area contributed by atoms with Gasteiger partial charge >= 0.3 is 47.5 Å². The second-order valence-electron chi connectivity index (χ2n) is 22.4. The molecule has 4 rings (SSSR count). The number of azide groups is 3. The molecule has 0 aromatic rings. The molecule has 0 spiro atoms. The van der Waals surface area contributed by atoms with Crippen LogP contribution in [0.15, 0.2) is 15.3 Å². The number of aliphatic hydroxyl groups excluding tert-OH is 9. The zero-order valence-electron chi connectivity index (χ0n) is 61.5. The molecular formula is C61H117N10NaO31. The van der Waals surface area contributed by atoms with Crippen LogP contribution in [0.2, 0.25) is 0 Å². The first-order valence-electron chi connectivity index (χ1n) is 33.7. The zero-order chi connectivity index (χ0) is 77.0. The van der Waals surface area contributed by atoms with Gasteiger partial charge in [-0.3, -0.25) is 14.4 Å². The van der Waals surface area contributed by atoms with Gasteiger partial charge in [0.1, 0.15) is 48.8 Å². The van der Waals surface area contributed by atoms with Crippen LogP contribution in [0.4, 0.5) is 0 Å². The Morgan fingerprint density at radius 2 is 0.680 bits per heavy atom. The molecule has 0 aromatic carbocycles. The SMILES string of the molecule is CCC1O[C@H](OC(C)=O)C(OC(C)=O)[C@@H](C)[C@@H]1C.CCC1O[C@H](OCCOCCOCCN=[N+]=[N-])C(OC(C)=O)[C@@H](C)[C@@H]1C.C[O-].NCCOCCOCCO[C@H]1OC(CO)[C@@H](O)[C@H](O)C1O.[N-]=[N+]=NCCOCCOCCO.[N-]=[N+]=NCCOCCOCCO[C@H]1OC(CO)[C@@H](O)[C@H](O)C1O.[Na+]. The van der Waals surface area contributed by atoms with E-state index in [1.165, 1.54) is 20.8 Å². The Hall–Kier alpha value is -3.70. The smallest absolute Gasteiger partial charge is 0.857 e. The number of hydrogen-bond donors (Lipinski definition) is 10. The number of ether oxygens (including phenoxy) is 18. The van der Waals surface area contributed by atoms with Gasteiger partial charge in [-0.15, -0.1) is 0 Å². The van der Waals surface area contributed by atoms with E-state index < -0.39 is 111 Å². The van der Waals surface area contributed by atoms with Gasteiger partial charge in [0.2, 0.25) is 6.29 Å². The van der Waals surface area contributed by atoms with Crippen molar-refractivity contribution in [2.45, 2.75) is 174 Å². The van der Waals surface area contributed by atoms with Crippen molar-refractivity contribution < 1.29 is 180 Å². The molecule has 4 saturated heterocycles. The minimum absolute atomic E-state index is 0. The predicted octanol–water partition coefficient (Wildman–Crippen LogP) is -4.18. The fraction of sp³-hybridized carbons (Fsp3) is 0.951. The van der Waals surface area contributed by atoms with Crippen molar-refractivity contribution in [1.29, 1.82) is 0 Å². The Balaban J connectivity index is -0.00000122. The van der Waals surface area contributed by atoms with E-state index in [-0.39, 0.29) is 111 Å². The molecule has 4 fully saturated rings. The number of carbonyl (C=O) groups excluding carboxylic acids is 3. The summed E-state index contributed by atoms with van der Waals surface area (Å²) in [5, 5.41) is 102. The second kappa shape index (κ2) is 67.6. The van der Waals surface area contributed by atoms with Gasteiger partial charge in [-0.2, -0.15) is 7.11 Å². The van der Waals surface area contributed by atoms with E-state index >= 15 is 0 Å². The largest absolute Gasteiger partial charge is 1.00 e. The molecule has 20 atom stereocenters. The number of rotatable bonds is 44. The predicted molar refractivity (Wildman–Crippen MR) is 353 cm³/mol. The third-order valence-corrected chi connectivity index (χ3v) is 15.1. The van der Waals surface area contributed by atoms with Crippen molar-refractivity contribution in [3.8, 4) is 0 Å². The van der Waals surface area contributed by atoms with E-state index in [4.69, 9.17) is 128 Å². The summed E-state index contributed by atoms with van der Waals surface area (Å²) in [5.74, 6) is -0.419. The van der Waals surface area contributed by atoms with Crippen LogP contribution in [-0.4, -0.2) is 341 Å². The van der Waals surface area contributed by atoms with Crippen LogP contribution < -0.4 is 40.4 Å². The molecule has 4 heterocycles. The third-order valence-electron chi connectivity index (χ3n) is 15.1. The monoisotopic (exact) mass is 1510 g/mol. The number of esters is 3. The first-order chi connectivity index (χ1) is 49.0. The first-order valence-corrected chi connectivity index (χ1v) is 33.7. The number of hydrogen-bond acceptors (Lipinski definition) is 35. The van der Waals surface area contributed by atoms with Gasteiger partial charge in [0.05, 0.1) is 158 Å². The van der Waals surface area contributed by atoms with Gasteiger partial charge in [-0.05, 0) is 41.3 Å². The first kappa shape index (κ1) is 103. The summed E-state index contributed by atoms with van der Waals surface area (Å²) in [5.41, 5.74) is 29.3. The molecule has 598 valence electrons. The third kappa shape index (κ3) is 47.0. The minimum Gasteiger partial charge on any atom is -0.857 e. The summed E-state index contributed by atoms with van der Waals surface area (Å²) >= 11 is 0. The molecule has 0 radical (unpaired) electrons. The van der Waals surface area contributed by atoms with Gasteiger partial charge in [0.25, 0.3) is 0 Å². The topological polar surface area (TPSA) is 595 Å². The van der Waals surface area contributed by atoms with Gasteiger partial charge < -0.3 is 142 Å². The van der Waals surface area contributed by atoms with Crippen molar-refractivity contribution in [2.75, 3.05) is 179 Å². The molecule has 0 saturated carbocycles.